The molecule has 13 heavy (non-hydrogen) atoms. The van der Waals surface area contributed by atoms with E-state index in [1.54, 1.807) is 0 Å². The van der Waals surface area contributed by atoms with Crippen LogP contribution in [0.15, 0.2) is 0 Å². The second-order valence-corrected chi connectivity index (χ2v) is 4.83. The first-order chi connectivity index (χ1) is 6.02. The van der Waals surface area contributed by atoms with Crippen LogP contribution in [0.4, 0.5) is 0 Å². The van der Waals surface area contributed by atoms with Gasteiger partial charge in [0.25, 0.3) is 0 Å². The maximum Gasteiger partial charge on any atom is 0.114 e. The molecule has 0 amide bonds. The Morgan fingerprint density at radius 3 is 2.38 bits per heavy atom. The van der Waals surface area contributed by atoms with Crippen LogP contribution in [0.5, 0.6) is 0 Å². The van der Waals surface area contributed by atoms with Gasteiger partial charge >= 0.3 is 0 Å². The van der Waals surface area contributed by atoms with Crippen LogP contribution in [0.2, 0.25) is 0 Å². The molecular weight excluding hydrogens is 166 g/mol. The van der Waals surface area contributed by atoms with Crippen LogP contribution in [-0.2, 0) is 4.74 Å². The molecule has 2 N–H and O–H groups in total. The standard InChI is InChI=1S/C10H19NO2/c1-9(2)11-8(7-13-9)10(12)5-3-4-6-10/h8,11-12H,3-7H2,1-2H3/t8-/m0/s1. The second kappa shape index (κ2) is 2.94. The predicted molar refractivity (Wildman–Crippen MR) is 50.4 cm³/mol. The summed E-state index contributed by atoms with van der Waals surface area (Å²) in [5.41, 5.74) is -0.767. The fraction of sp³-hybridized carbons (Fsp3) is 1.00. The first-order valence-electron chi connectivity index (χ1n) is 5.16. The van der Waals surface area contributed by atoms with Crippen molar-refractivity contribution in [2.24, 2.45) is 0 Å². The lowest BCUT2D eigenvalue weighted by Gasteiger charge is -2.30. The second-order valence-electron chi connectivity index (χ2n) is 4.83. The van der Waals surface area contributed by atoms with Crippen molar-refractivity contribution in [3.63, 3.8) is 0 Å². The minimum atomic E-state index is -0.506. The summed E-state index contributed by atoms with van der Waals surface area (Å²) >= 11 is 0. The lowest BCUT2D eigenvalue weighted by atomic mass is 9.93. The van der Waals surface area contributed by atoms with Gasteiger partial charge < -0.3 is 9.84 Å². The van der Waals surface area contributed by atoms with Crippen molar-refractivity contribution in [3.05, 3.63) is 0 Å². The molecule has 1 aliphatic heterocycles. The van der Waals surface area contributed by atoms with Crippen LogP contribution >= 0.6 is 0 Å². The molecule has 3 nitrogen and oxygen atoms in total. The van der Waals surface area contributed by atoms with Crippen LogP contribution < -0.4 is 5.32 Å². The SMILES string of the molecule is CC1(C)N[C@H](C2(O)CCCC2)CO1. The summed E-state index contributed by atoms with van der Waals surface area (Å²) in [6.45, 7) is 4.65. The fourth-order valence-electron chi connectivity index (χ4n) is 2.42. The Hall–Kier alpha value is -0.120. The highest BCUT2D eigenvalue weighted by Crippen LogP contribution is 2.35. The minimum Gasteiger partial charge on any atom is -0.388 e. The lowest BCUT2D eigenvalue weighted by molar-refractivity contribution is 0.00780. The summed E-state index contributed by atoms with van der Waals surface area (Å²) in [6.07, 6.45) is 4.14. The molecule has 0 aromatic heterocycles. The zero-order valence-corrected chi connectivity index (χ0v) is 8.47. The molecule has 0 bridgehead atoms. The normalized spacial score (nSPS) is 36.7. The summed E-state index contributed by atoms with van der Waals surface area (Å²) in [5.74, 6) is 0. The Bertz CT molecular complexity index is 197. The third-order valence-corrected chi connectivity index (χ3v) is 3.25. The van der Waals surface area contributed by atoms with E-state index in [1.807, 2.05) is 13.8 Å². The summed E-state index contributed by atoms with van der Waals surface area (Å²) in [5, 5.41) is 13.6. The quantitative estimate of drug-likeness (QED) is 0.641. The van der Waals surface area contributed by atoms with Gasteiger partial charge in [0.1, 0.15) is 5.72 Å². The van der Waals surface area contributed by atoms with Crippen LogP contribution in [0.3, 0.4) is 0 Å². The van der Waals surface area contributed by atoms with Gasteiger partial charge in [-0.25, -0.2) is 0 Å². The summed E-state index contributed by atoms with van der Waals surface area (Å²) < 4.78 is 5.56. The maximum atomic E-state index is 10.3. The van der Waals surface area contributed by atoms with E-state index in [0.717, 1.165) is 25.7 Å². The molecule has 1 atom stereocenters. The van der Waals surface area contributed by atoms with Gasteiger partial charge in [0, 0.05) is 0 Å². The van der Waals surface area contributed by atoms with Crippen molar-refractivity contribution >= 4 is 0 Å². The van der Waals surface area contributed by atoms with Gasteiger partial charge in [0.15, 0.2) is 0 Å². The first kappa shape index (κ1) is 9.44. The maximum absolute atomic E-state index is 10.3. The van der Waals surface area contributed by atoms with Crippen molar-refractivity contribution < 1.29 is 9.84 Å². The number of ether oxygens (including phenoxy) is 1. The highest BCUT2D eigenvalue weighted by atomic mass is 16.5. The Labute approximate surface area is 79.5 Å². The highest BCUT2D eigenvalue weighted by Gasteiger charge is 2.45. The van der Waals surface area contributed by atoms with Crippen LogP contribution in [-0.4, -0.2) is 29.1 Å². The van der Waals surface area contributed by atoms with Crippen LogP contribution in [0.1, 0.15) is 39.5 Å². The summed E-state index contributed by atoms with van der Waals surface area (Å²) in [6, 6.07) is 0.130. The number of hydrogen-bond acceptors (Lipinski definition) is 3. The molecule has 0 unspecified atom stereocenters. The van der Waals surface area contributed by atoms with Gasteiger partial charge in [-0.05, 0) is 26.7 Å². The first-order valence-corrected chi connectivity index (χ1v) is 5.16. The summed E-state index contributed by atoms with van der Waals surface area (Å²) in [4.78, 5) is 0. The molecule has 2 rings (SSSR count). The molecule has 2 aliphatic rings. The van der Waals surface area contributed by atoms with Gasteiger partial charge in [-0.3, -0.25) is 5.32 Å². The molecule has 3 heteroatoms. The Balaban J connectivity index is 2.02. The average molecular weight is 185 g/mol. The Morgan fingerprint density at radius 1 is 1.31 bits per heavy atom. The predicted octanol–water partition coefficient (Wildman–Crippen LogP) is 1.02. The molecule has 1 aliphatic carbocycles. The number of nitrogens with one attached hydrogen (secondary N) is 1. The highest BCUT2D eigenvalue weighted by molar-refractivity contribution is 4.99. The van der Waals surface area contributed by atoms with Crippen molar-refractivity contribution in [1.29, 1.82) is 0 Å². The number of aliphatic hydroxyl groups is 1. The van der Waals surface area contributed by atoms with Gasteiger partial charge in [-0.2, -0.15) is 0 Å². The van der Waals surface area contributed by atoms with Crippen LogP contribution in [0, 0.1) is 0 Å². The molecule has 0 spiro atoms. The Morgan fingerprint density at radius 2 is 1.92 bits per heavy atom. The van der Waals surface area contributed by atoms with Crippen molar-refractivity contribution in [1.82, 2.24) is 5.32 Å². The monoisotopic (exact) mass is 185 g/mol. The molecule has 0 radical (unpaired) electrons. The molecule has 1 heterocycles. The molecule has 1 saturated carbocycles. The minimum absolute atomic E-state index is 0.130. The molecule has 2 fully saturated rings. The van der Waals surface area contributed by atoms with Gasteiger partial charge in [0.05, 0.1) is 18.2 Å². The van der Waals surface area contributed by atoms with E-state index in [9.17, 15) is 5.11 Å². The van der Waals surface area contributed by atoms with Crippen molar-refractivity contribution in [3.8, 4) is 0 Å². The molecular formula is C10H19NO2. The molecule has 76 valence electrons. The average Bonchev–Trinajstić information content (AvgIpc) is 2.58. The zero-order chi connectivity index (χ0) is 9.53. The van der Waals surface area contributed by atoms with E-state index in [1.165, 1.54) is 0 Å². The molecule has 0 aromatic rings. The van der Waals surface area contributed by atoms with E-state index in [4.69, 9.17) is 4.74 Å². The van der Waals surface area contributed by atoms with Crippen molar-refractivity contribution in [2.45, 2.75) is 56.9 Å². The van der Waals surface area contributed by atoms with E-state index in [-0.39, 0.29) is 11.8 Å². The number of hydrogen-bond donors (Lipinski definition) is 2. The fourth-order valence-corrected chi connectivity index (χ4v) is 2.42. The van der Waals surface area contributed by atoms with E-state index >= 15 is 0 Å². The topological polar surface area (TPSA) is 41.5 Å². The lowest BCUT2D eigenvalue weighted by Crippen LogP contribution is -2.51. The molecule has 0 aromatic carbocycles. The smallest absolute Gasteiger partial charge is 0.114 e. The third-order valence-electron chi connectivity index (χ3n) is 3.25. The van der Waals surface area contributed by atoms with E-state index in [2.05, 4.69) is 5.32 Å². The molecule has 1 saturated heterocycles. The third kappa shape index (κ3) is 1.73. The van der Waals surface area contributed by atoms with Gasteiger partial charge in [0.2, 0.25) is 0 Å². The van der Waals surface area contributed by atoms with Gasteiger partial charge in [-0.1, -0.05) is 12.8 Å². The van der Waals surface area contributed by atoms with E-state index in [0.29, 0.717) is 6.61 Å². The van der Waals surface area contributed by atoms with Gasteiger partial charge in [-0.15, -0.1) is 0 Å². The largest absolute Gasteiger partial charge is 0.388 e. The zero-order valence-electron chi connectivity index (χ0n) is 8.47. The van der Waals surface area contributed by atoms with Crippen LogP contribution in [0.25, 0.3) is 0 Å². The Kier molecular flexibility index (Phi) is 2.13. The van der Waals surface area contributed by atoms with Crippen molar-refractivity contribution in [2.75, 3.05) is 6.61 Å². The number of rotatable bonds is 1. The van der Waals surface area contributed by atoms with E-state index < -0.39 is 5.60 Å². The summed E-state index contributed by atoms with van der Waals surface area (Å²) in [7, 11) is 0.